The molecule has 3 rings (SSSR count). The van der Waals surface area contributed by atoms with E-state index in [4.69, 9.17) is 4.74 Å². The Hall–Kier alpha value is -2.16. The Labute approximate surface area is 184 Å². The molecular formula is C21H29IN4O2. The van der Waals surface area contributed by atoms with Crippen LogP contribution in [0.3, 0.4) is 0 Å². The van der Waals surface area contributed by atoms with Crippen LogP contribution in [0.1, 0.15) is 5.56 Å². The molecule has 1 aliphatic heterocycles. The number of anilines is 1. The molecule has 7 heteroatoms. The average molecular weight is 496 g/mol. The molecular weight excluding hydrogens is 467 g/mol. The zero-order valence-corrected chi connectivity index (χ0v) is 18.8. The summed E-state index contributed by atoms with van der Waals surface area (Å²) in [5.41, 5.74) is 2.12. The lowest BCUT2D eigenvalue weighted by atomic mass is 10.2. The second kappa shape index (κ2) is 11.0. The number of halogens is 1. The van der Waals surface area contributed by atoms with Crippen LogP contribution in [0, 0.1) is 6.92 Å². The van der Waals surface area contributed by atoms with Gasteiger partial charge in [-0.05, 0) is 31.2 Å². The highest BCUT2D eigenvalue weighted by atomic mass is 127. The molecule has 152 valence electrons. The molecule has 0 amide bonds. The van der Waals surface area contributed by atoms with Crippen LogP contribution in [0.4, 0.5) is 5.69 Å². The third-order valence-electron chi connectivity index (χ3n) is 4.69. The number of guanidine groups is 1. The fraction of sp³-hybridized carbons (Fsp3) is 0.381. The quantitative estimate of drug-likeness (QED) is 0.289. The lowest BCUT2D eigenvalue weighted by Crippen LogP contribution is -2.53. The molecule has 1 saturated heterocycles. The summed E-state index contributed by atoms with van der Waals surface area (Å²) in [5.74, 6) is 2.11. The SMILES string of the molecule is CN=C(NCCOc1ccc(C)cc1)N1CCN(c2ccccc2O)CC1.I. The van der Waals surface area contributed by atoms with Gasteiger partial charge in [-0.2, -0.15) is 0 Å². The number of piperazine rings is 1. The first-order chi connectivity index (χ1) is 13.2. The maximum absolute atomic E-state index is 10.0. The van der Waals surface area contributed by atoms with E-state index in [1.165, 1.54) is 5.56 Å². The second-order valence-corrected chi connectivity index (χ2v) is 6.60. The van der Waals surface area contributed by atoms with Crippen LogP contribution < -0.4 is 15.0 Å². The van der Waals surface area contributed by atoms with Crippen molar-refractivity contribution in [1.82, 2.24) is 10.2 Å². The molecule has 0 atom stereocenters. The number of para-hydroxylation sites is 2. The fourth-order valence-corrected chi connectivity index (χ4v) is 3.19. The number of hydrogen-bond donors (Lipinski definition) is 2. The lowest BCUT2D eigenvalue weighted by molar-refractivity contribution is 0.315. The molecule has 2 aromatic carbocycles. The number of phenolic OH excluding ortho intramolecular Hbond substituents is 1. The number of aromatic hydroxyl groups is 1. The van der Waals surface area contributed by atoms with E-state index >= 15 is 0 Å². The first kappa shape index (κ1) is 22.1. The second-order valence-electron chi connectivity index (χ2n) is 6.60. The van der Waals surface area contributed by atoms with Gasteiger partial charge in [0, 0.05) is 33.2 Å². The van der Waals surface area contributed by atoms with Gasteiger partial charge in [-0.25, -0.2) is 0 Å². The Bertz CT molecular complexity index is 759. The molecule has 0 spiro atoms. The standard InChI is InChI=1S/C21H28N4O2.HI/c1-17-7-9-18(10-8-17)27-16-11-23-21(22-2)25-14-12-24(13-15-25)19-5-3-4-6-20(19)26;/h3-10,26H,11-16H2,1-2H3,(H,22,23);1H. The van der Waals surface area contributed by atoms with E-state index in [0.717, 1.165) is 43.6 Å². The number of ether oxygens (including phenoxy) is 1. The van der Waals surface area contributed by atoms with Crippen molar-refractivity contribution >= 4 is 35.6 Å². The van der Waals surface area contributed by atoms with Gasteiger partial charge in [0.05, 0.1) is 12.2 Å². The summed E-state index contributed by atoms with van der Waals surface area (Å²) >= 11 is 0. The maximum Gasteiger partial charge on any atom is 0.193 e. The minimum absolute atomic E-state index is 0. The first-order valence-electron chi connectivity index (χ1n) is 9.35. The number of aliphatic imine (C=N–C) groups is 1. The van der Waals surface area contributed by atoms with Crippen LogP contribution in [0.15, 0.2) is 53.5 Å². The monoisotopic (exact) mass is 496 g/mol. The highest BCUT2D eigenvalue weighted by Crippen LogP contribution is 2.27. The van der Waals surface area contributed by atoms with Crippen LogP contribution in [0.2, 0.25) is 0 Å². The topological polar surface area (TPSA) is 60.3 Å². The van der Waals surface area contributed by atoms with Gasteiger partial charge in [0.25, 0.3) is 0 Å². The third-order valence-corrected chi connectivity index (χ3v) is 4.69. The molecule has 1 fully saturated rings. The lowest BCUT2D eigenvalue weighted by Gasteiger charge is -2.37. The van der Waals surface area contributed by atoms with Crippen molar-refractivity contribution in [2.45, 2.75) is 6.92 Å². The summed E-state index contributed by atoms with van der Waals surface area (Å²) in [6.45, 7) is 6.74. The van der Waals surface area contributed by atoms with E-state index in [0.29, 0.717) is 18.9 Å². The molecule has 0 saturated carbocycles. The molecule has 0 bridgehead atoms. The molecule has 0 aromatic heterocycles. The maximum atomic E-state index is 10.0. The Morgan fingerprint density at radius 2 is 1.75 bits per heavy atom. The molecule has 6 nitrogen and oxygen atoms in total. The normalized spacial score (nSPS) is 14.4. The molecule has 2 N–H and O–H groups in total. The predicted octanol–water partition coefficient (Wildman–Crippen LogP) is 3.10. The summed E-state index contributed by atoms with van der Waals surface area (Å²) in [4.78, 5) is 8.84. The number of phenols is 1. The minimum atomic E-state index is 0. The zero-order chi connectivity index (χ0) is 19.1. The van der Waals surface area contributed by atoms with E-state index in [1.54, 1.807) is 13.1 Å². The highest BCUT2D eigenvalue weighted by molar-refractivity contribution is 14.0. The molecule has 28 heavy (non-hydrogen) atoms. The van der Waals surface area contributed by atoms with Crippen LogP contribution in [0.5, 0.6) is 11.5 Å². The van der Waals surface area contributed by atoms with Gasteiger partial charge in [0.15, 0.2) is 5.96 Å². The predicted molar refractivity (Wildman–Crippen MR) is 125 cm³/mol. The van der Waals surface area contributed by atoms with Gasteiger partial charge in [-0.1, -0.05) is 29.8 Å². The Morgan fingerprint density at radius 1 is 1.07 bits per heavy atom. The van der Waals surface area contributed by atoms with Crippen LogP contribution >= 0.6 is 24.0 Å². The van der Waals surface area contributed by atoms with E-state index in [9.17, 15) is 5.11 Å². The third kappa shape index (κ3) is 5.92. The molecule has 0 unspecified atom stereocenters. The largest absolute Gasteiger partial charge is 0.506 e. The fourth-order valence-electron chi connectivity index (χ4n) is 3.19. The van der Waals surface area contributed by atoms with Gasteiger partial charge in [0.1, 0.15) is 18.1 Å². The molecule has 1 aliphatic rings. The Balaban J connectivity index is 0.00000280. The van der Waals surface area contributed by atoms with Crippen LogP contribution in [0.25, 0.3) is 0 Å². The molecule has 0 aliphatic carbocycles. The number of hydrogen-bond acceptors (Lipinski definition) is 4. The zero-order valence-electron chi connectivity index (χ0n) is 16.5. The Morgan fingerprint density at radius 3 is 2.39 bits per heavy atom. The average Bonchev–Trinajstić information content (AvgIpc) is 2.70. The van der Waals surface area contributed by atoms with E-state index in [1.807, 2.05) is 42.5 Å². The van der Waals surface area contributed by atoms with Crippen molar-refractivity contribution in [3.63, 3.8) is 0 Å². The molecule has 0 radical (unpaired) electrons. The summed E-state index contributed by atoms with van der Waals surface area (Å²) < 4.78 is 5.76. The number of aryl methyl sites for hydroxylation is 1. The van der Waals surface area contributed by atoms with Gasteiger partial charge >= 0.3 is 0 Å². The van der Waals surface area contributed by atoms with Crippen molar-refractivity contribution < 1.29 is 9.84 Å². The van der Waals surface area contributed by atoms with Crippen molar-refractivity contribution in [2.75, 3.05) is 51.3 Å². The Kier molecular flexibility index (Phi) is 8.69. The summed E-state index contributed by atoms with van der Waals surface area (Å²) in [7, 11) is 1.80. The minimum Gasteiger partial charge on any atom is -0.506 e. The van der Waals surface area contributed by atoms with Gasteiger partial charge in [-0.15, -0.1) is 24.0 Å². The summed E-state index contributed by atoms with van der Waals surface area (Å²) in [6, 6.07) is 15.6. The van der Waals surface area contributed by atoms with Crippen molar-refractivity contribution in [3.8, 4) is 11.5 Å². The number of benzene rings is 2. The highest BCUT2D eigenvalue weighted by Gasteiger charge is 2.21. The van der Waals surface area contributed by atoms with Crippen molar-refractivity contribution in [2.24, 2.45) is 4.99 Å². The summed E-state index contributed by atoms with van der Waals surface area (Å²) in [6.07, 6.45) is 0. The molecule has 2 aromatic rings. The van der Waals surface area contributed by atoms with E-state index in [-0.39, 0.29) is 24.0 Å². The number of nitrogens with zero attached hydrogens (tertiary/aromatic N) is 3. The summed E-state index contributed by atoms with van der Waals surface area (Å²) in [5, 5.41) is 13.4. The smallest absolute Gasteiger partial charge is 0.193 e. The number of rotatable bonds is 5. The van der Waals surface area contributed by atoms with E-state index in [2.05, 4.69) is 27.0 Å². The van der Waals surface area contributed by atoms with Gasteiger partial charge < -0.3 is 25.0 Å². The van der Waals surface area contributed by atoms with Gasteiger partial charge in [-0.3, -0.25) is 4.99 Å². The number of nitrogens with one attached hydrogen (secondary N) is 1. The van der Waals surface area contributed by atoms with Crippen molar-refractivity contribution in [3.05, 3.63) is 54.1 Å². The first-order valence-corrected chi connectivity index (χ1v) is 9.35. The van der Waals surface area contributed by atoms with Crippen molar-refractivity contribution in [1.29, 1.82) is 0 Å². The van der Waals surface area contributed by atoms with Gasteiger partial charge in [0.2, 0.25) is 0 Å². The van der Waals surface area contributed by atoms with Crippen LogP contribution in [-0.4, -0.2) is 62.3 Å². The molecule has 1 heterocycles. The van der Waals surface area contributed by atoms with Crippen LogP contribution in [-0.2, 0) is 0 Å². The van der Waals surface area contributed by atoms with E-state index < -0.39 is 0 Å².